The fourth-order valence-corrected chi connectivity index (χ4v) is 16.5. The van der Waals surface area contributed by atoms with Crippen LogP contribution >= 0.6 is 0 Å². The SMILES string of the molecule is CC(=O)C=C(C)O.CNCc1ccnc(-c2[c-]cc(-c3c(C)cccc3C)cc2CO)c1.COc1c[c-]c(-c2cc(N(c3ccccc3)c3ccccc3)ccn2)c(CO)c1.COc1c[c-]c(-c2cc(N(c3ccccc3)c3ccccc3)ccn2)c(CO)c1.COc1c[c-]c(-c2cc(N(c3ccccc3)c3ccccc3)ccn2)c(OC)c1.COc1cc(-c2c(C)cccc2C)c[c-]c1-c1cc(N(C)C)ccn1.[Pt+2].[Pt+2].[Pt]. The maximum atomic E-state index is 10.0. The van der Waals surface area contributed by atoms with E-state index >= 15 is 0 Å². The molecule has 0 spiro atoms. The fraction of sp³-hybridized carbons (Fsp3) is 0.145. The molecule has 5 N–H and O–H groups in total. The Morgan fingerprint density at radius 3 is 0.918 bits per heavy atom. The van der Waals surface area contributed by atoms with Gasteiger partial charge in [-0.05, 0) is 186 Å². The maximum absolute atomic E-state index is 10.0. The van der Waals surface area contributed by atoms with Gasteiger partial charge in [0.25, 0.3) is 0 Å². The van der Waals surface area contributed by atoms with E-state index in [9.17, 15) is 20.1 Å². The van der Waals surface area contributed by atoms with Gasteiger partial charge in [-0.15, -0.1) is 89.0 Å². The van der Waals surface area contributed by atoms with E-state index in [1.54, 1.807) is 78.5 Å². The fourth-order valence-electron chi connectivity index (χ4n) is 16.5. The first-order chi connectivity index (χ1) is 70.2. The van der Waals surface area contributed by atoms with Crippen LogP contribution < -0.4 is 48.6 Å². The maximum Gasteiger partial charge on any atom is 2.00 e. The van der Waals surface area contributed by atoms with Gasteiger partial charge in [-0.2, -0.15) is 0 Å². The number of carbonyl (C=O) groups is 1. The van der Waals surface area contributed by atoms with Crippen molar-refractivity contribution in [2.24, 2.45) is 0 Å². The first kappa shape index (κ1) is 114. The normalized spacial score (nSPS) is 10.4. The standard InChI is InChI=1S/3C25H21N2O2.2C22H23N2O.C5H8O2.3Pt/c1-28-22-13-14-23(25(18-22)29-2)24-17-21(15-16-26-24)27(19-9-5-3-6-10-19)20-11-7-4-8-12-20;2*1-29-23-12-13-24(19(16-23)18-28)25-17-22(14-15-26-25)27(20-8-4-2-5-9-20)21-10-6-3-7-11-21;1-15-7-6-8-16(2)22(15)17-9-10-19(21(13-17)25-5)20-14-18(24(3)4)11-12-23-20;1-15-5-4-6-16(2)22(15)18-7-8-20(19(12-18)14-25)21-11-17(13-23-3)9-10-24-21;1-4(6)3-5(2)7;;;/h3-13,15-18H,1-2H3;2*2-12,14-17,28H,18H2,1H3;6-9,11-14H,1-5H3;4-7,9-12,23,25H,13-14H2,1-3H3;3,6H,1-2H3;;;/q5*-1;;;2*+2. The van der Waals surface area contributed by atoms with Crippen molar-refractivity contribution < 1.29 is 112 Å². The summed E-state index contributed by atoms with van der Waals surface area (Å²) >= 11 is 0. The molecule has 18 aromatic rings. The van der Waals surface area contributed by atoms with Crippen LogP contribution in [0.4, 0.5) is 56.9 Å². The van der Waals surface area contributed by atoms with Crippen molar-refractivity contribution >= 4 is 62.7 Å². The molecule has 13 aromatic carbocycles. The van der Waals surface area contributed by atoms with E-state index in [-0.39, 0.29) is 94.6 Å². The van der Waals surface area contributed by atoms with Gasteiger partial charge >= 0.3 is 42.1 Å². The number of hydrogen-bond acceptors (Lipinski definition) is 20. The van der Waals surface area contributed by atoms with Crippen molar-refractivity contribution in [1.29, 1.82) is 0 Å². The van der Waals surface area contributed by atoms with Crippen LogP contribution in [0.15, 0.2) is 383 Å². The van der Waals surface area contributed by atoms with Gasteiger partial charge in [-0.25, -0.2) is 0 Å². The van der Waals surface area contributed by atoms with Crippen LogP contribution in [0.5, 0.6) is 28.7 Å². The summed E-state index contributed by atoms with van der Waals surface area (Å²) in [5.74, 6) is 3.39. The average Bonchev–Trinajstić information content (AvgIpc) is 0.807. The van der Waals surface area contributed by atoms with Crippen LogP contribution in [-0.4, -0.2) is 108 Å². The Morgan fingerprint density at radius 2 is 0.612 bits per heavy atom. The Balaban J connectivity index is 0.000000184. The van der Waals surface area contributed by atoms with Crippen LogP contribution in [-0.2, 0) is 94.4 Å². The number of hydrogen-bond donors (Lipinski definition) is 5. The van der Waals surface area contributed by atoms with Crippen molar-refractivity contribution in [3.8, 4) is 107 Å². The summed E-state index contributed by atoms with van der Waals surface area (Å²) < 4.78 is 27.0. The Bertz CT molecular complexity index is 6680. The Kier molecular flexibility index (Phi) is 44.6. The number of para-hydroxylation sites is 6. The third-order valence-corrected chi connectivity index (χ3v) is 23.2. The molecule has 0 amide bonds. The van der Waals surface area contributed by atoms with E-state index < -0.39 is 0 Å². The second-order valence-corrected chi connectivity index (χ2v) is 33.5. The largest absolute Gasteiger partial charge is 2.00 e. The van der Waals surface area contributed by atoms with E-state index in [2.05, 4.69) is 223 Å². The predicted octanol–water partition coefficient (Wildman–Crippen LogP) is 27.1. The summed E-state index contributed by atoms with van der Waals surface area (Å²) in [4.78, 5) is 41.2. The minimum absolute atomic E-state index is 0. The van der Waals surface area contributed by atoms with Crippen LogP contribution in [0.25, 0.3) is 78.5 Å². The molecule has 0 radical (unpaired) electrons. The van der Waals surface area contributed by atoms with Gasteiger partial charge in [0.05, 0.1) is 41.3 Å². The van der Waals surface area contributed by atoms with Crippen LogP contribution in [0.2, 0.25) is 0 Å². The zero-order valence-electron chi connectivity index (χ0n) is 84.3. The van der Waals surface area contributed by atoms with E-state index in [1.807, 2.05) is 234 Å². The smallest absolute Gasteiger partial charge is 0.540 e. The van der Waals surface area contributed by atoms with E-state index in [0.717, 1.165) is 159 Å². The van der Waals surface area contributed by atoms with Crippen molar-refractivity contribution in [2.75, 3.05) is 76.3 Å². The zero-order chi connectivity index (χ0) is 102. The number of benzene rings is 13. The number of pyridine rings is 5. The molecule has 0 saturated heterocycles. The molecular formula is C124H117N10O10Pt3-. The zero-order valence-corrected chi connectivity index (χ0v) is 91.2. The number of aliphatic hydroxyl groups excluding tert-OH is 4. The van der Waals surface area contributed by atoms with Crippen molar-refractivity contribution in [2.45, 2.75) is 67.9 Å². The molecule has 0 fully saturated rings. The first-order valence-electron chi connectivity index (χ1n) is 46.8. The number of aromatic nitrogens is 5. The molecule has 0 atom stereocenters. The van der Waals surface area contributed by atoms with Gasteiger partial charge in [0, 0.05) is 184 Å². The molecular weight excluding hydrogens is 2370 g/mol. The number of aliphatic hydroxyl groups is 4. The number of nitrogens with one attached hydrogen (secondary N) is 1. The van der Waals surface area contributed by atoms with Gasteiger partial charge in [0.2, 0.25) is 0 Å². The van der Waals surface area contributed by atoms with Gasteiger partial charge in [0.1, 0.15) is 0 Å². The number of nitrogens with zero attached hydrogens (tertiary/aromatic N) is 9. The van der Waals surface area contributed by atoms with Crippen molar-refractivity contribution in [3.63, 3.8) is 0 Å². The number of carbonyl (C=O) groups excluding carboxylic acids is 1. The number of allylic oxidation sites excluding steroid dienone is 2. The molecule has 23 heteroatoms. The van der Waals surface area contributed by atoms with Gasteiger partial charge < -0.3 is 93.9 Å². The van der Waals surface area contributed by atoms with E-state index in [1.165, 1.54) is 53.3 Å². The molecule has 20 nitrogen and oxygen atoms in total. The summed E-state index contributed by atoms with van der Waals surface area (Å²) in [5, 5.41) is 41.1. The quantitative estimate of drug-likeness (QED) is 0.0174. The molecule has 0 bridgehead atoms. The van der Waals surface area contributed by atoms with Crippen molar-refractivity contribution in [3.05, 3.63) is 457 Å². The third kappa shape index (κ3) is 30.5. The van der Waals surface area contributed by atoms with Gasteiger partial charge in [0.15, 0.2) is 5.78 Å². The first-order valence-corrected chi connectivity index (χ1v) is 46.8. The number of rotatable bonds is 28. The second-order valence-electron chi connectivity index (χ2n) is 33.5. The summed E-state index contributed by atoms with van der Waals surface area (Å²) in [6.07, 6.45) is 10.2. The number of anilines is 10. The molecule has 0 aliphatic carbocycles. The van der Waals surface area contributed by atoms with Crippen molar-refractivity contribution in [1.82, 2.24) is 30.2 Å². The van der Waals surface area contributed by atoms with Gasteiger partial charge in [-0.1, -0.05) is 267 Å². The van der Waals surface area contributed by atoms with Crippen LogP contribution in [0, 0.1) is 58.0 Å². The molecule has 5 heterocycles. The molecule has 0 aliphatic heterocycles. The number of methoxy groups -OCH3 is 5. The molecule has 0 saturated carbocycles. The second kappa shape index (κ2) is 57.6. The molecule has 18 rings (SSSR count). The number of ether oxygens (including phenoxy) is 5. The topological polar surface area (TPSA) is 234 Å². The minimum atomic E-state index is -0.125. The van der Waals surface area contributed by atoms with Crippen LogP contribution in [0.3, 0.4) is 0 Å². The summed E-state index contributed by atoms with van der Waals surface area (Å²) in [5.41, 5.74) is 31.4. The Labute approximate surface area is 906 Å². The number of aryl methyl sites for hydroxylation is 4. The average molecular weight is 2490 g/mol. The van der Waals surface area contributed by atoms with E-state index in [4.69, 9.17) is 28.8 Å². The predicted molar refractivity (Wildman–Crippen MR) is 581 cm³/mol. The van der Waals surface area contributed by atoms with Gasteiger partial charge in [-0.3, -0.25) is 4.79 Å². The monoisotopic (exact) mass is 2490 g/mol. The Hall–Kier alpha value is -15.1. The summed E-state index contributed by atoms with van der Waals surface area (Å²) in [6.45, 7) is 11.8. The summed E-state index contributed by atoms with van der Waals surface area (Å²) in [6, 6.07) is 129. The summed E-state index contributed by atoms with van der Waals surface area (Å²) in [7, 11) is 14.1. The minimum Gasteiger partial charge on any atom is -0.540 e. The van der Waals surface area contributed by atoms with Crippen LogP contribution in [0.1, 0.15) is 58.4 Å². The Morgan fingerprint density at radius 1 is 0.333 bits per heavy atom. The molecule has 147 heavy (non-hydrogen) atoms. The molecule has 0 aliphatic rings. The molecule has 754 valence electrons. The van der Waals surface area contributed by atoms with E-state index in [0.29, 0.717) is 23.0 Å². The number of ketones is 1. The third-order valence-electron chi connectivity index (χ3n) is 23.2. The molecule has 0 unspecified atom stereocenters. The molecule has 5 aromatic heterocycles.